The molecule has 1 unspecified atom stereocenters. The summed E-state index contributed by atoms with van der Waals surface area (Å²) in [6, 6.07) is 5.18. The predicted octanol–water partition coefficient (Wildman–Crippen LogP) is 2.37. The van der Waals surface area contributed by atoms with Crippen LogP contribution in [-0.2, 0) is 4.79 Å². The fourth-order valence-corrected chi connectivity index (χ4v) is 4.34. The van der Waals surface area contributed by atoms with Crippen LogP contribution in [0.25, 0.3) is 0 Å². The molecule has 2 amide bonds. The minimum Gasteiger partial charge on any atom is -0.481 e. The fraction of sp³-hybridized carbons (Fsp3) is 0.556. The van der Waals surface area contributed by atoms with E-state index in [0.717, 1.165) is 18.4 Å². The van der Waals surface area contributed by atoms with Crippen molar-refractivity contribution in [3.05, 3.63) is 23.8 Å². The number of amides is 2. The molecule has 7 nitrogen and oxygen atoms in total. The zero-order chi connectivity index (χ0) is 17.6. The fourth-order valence-electron chi connectivity index (χ4n) is 4.34. The van der Waals surface area contributed by atoms with Crippen molar-refractivity contribution < 1.29 is 24.2 Å². The normalized spacial score (nSPS) is 27.9. The molecule has 2 fully saturated rings. The molecule has 0 aromatic heterocycles. The predicted molar refractivity (Wildman–Crippen MR) is 88.5 cm³/mol. The van der Waals surface area contributed by atoms with Gasteiger partial charge in [0.15, 0.2) is 11.5 Å². The highest BCUT2D eigenvalue weighted by molar-refractivity contribution is 5.80. The second kappa shape index (κ2) is 5.82. The number of carboxylic acid groups (broad SMARTS) is 1. The summed E-state index contributed by atoms with van der Waals surface area (Å²) < 4.78 is 10.7. The number of nitrogens with zero attached hydrogens (tertiary/aromatic N) is 1. The van der Waals surface area contributed by atoms with Gasteiger partial charge in [-0.3, -0.25) is 4.79 Å². The minimum atomic E-state index is -0.769. The molecule has 1 saturated carbocycles. The molecule has 7 heteroatoms. The van der Waals surface area contributed by atoms with Crippen LogP contribution < -0.4 is 14.8 Å². The van der Waals surface area contributed by atoms with Crippen molar-refractivity contribution in [2.24, 2.45) is 11.3 Å². The van der Waals surface area contributed by atoms with Crippen LogP contribution in [0, 0.1) is 11.3 Å². The number of carbonyl (C=O) groups is 2. The Balaban J connectivity index is 1.43. The molecule has 25 heavy (non-hydrogen) atoms. The van der Waals surface area contributed by atoms with Crippen molar-refractivity contribution in [3.8, 4) is 11.5 Å². The zero-order valence-electron chi connectivity index (χ0n) is 14.2. The van der Waals surface area contributed by atoms with Crippen LogP contribution in [0.2, 0.25) is 0 Å². The lowest BCUT2D eigenvalue weighted by molar-refractivity contribution is -0.149. The topological polar surface area (TPSA) is 88.1 Å². The summed E-state index contributed by atoms with van der Waals surface area (Å²) >= 11 is 0. The Morgan fingerprint density at radius 3 is 2.92 bits per heavy atom. The number of benzene rings is 1. The Hall–Kier alpha value is -2.44. The van der Waals surface area contributed by atoms with Gasteiger partial charge in [-0.15, -0.1) is 0 Å². The summed E-state index contributed by atoms with van der Waals surface area (Å²) in [5.41, 5.74) is 0.171. The average molecular weight is 346 g/mol. The molecule has 0 radical (unpaired) electrons. The lowest BCUT2D eigenvalue weighted by Gasteiger charge is -2.24. The third-order valence-corrected chi connectivity index (χ3v) is 5.82. The third-order valence-electron chi connectivity index (χ3n) is 5.82. The number of likely N-dealkylation sites (tertiary alicyclic amines) is 1. The maximum absolute atomic E-state index is 12.6. The monoisotopic (exact) mass is 346 g/mol. The number of carbonyl (C=O) groups excluding carboxylic acids is 1. The molecular formula is C18H22N2O5. The van der Waals surface area contributed by atoms with E-state index in [-0.39, 0.29) is 24.8 Å². The van der Waals surface area contributed by atoms with E-state index >= 15 is 0 Å². The highest BCUT2D eigenvalue weighted by atomic mass is 16.7. The molecule has 4 rings (SSSR count). The lowest BCUT2D eigenvalue weighted by atomic mass is 9.81. The van der Waals surface area contributed by atoms with Crippen molar-refractivity contribution in [2.45, 2.75) is 32.2 Å². The van der Waals surface area contributed by atoms with Crippen molar-refractivity contribution in [2.75, 3.05) is 19.9 Å². The van der Waals surface area contributed by atoms with Crippen molar-refractivity contribution in [1.29, 1.82) is 0 Å². The van der Waals surface area contributed by atoms with Crippen LogP contribution in [0.1, 0.15) is 37.8 Å². The number of nitrogens with one attached hydrogen (secondary N) is 1. The molecule has 134 valence electrons. The number of hydrogen-bond donors (Lipinski definition) is 2. The number of hydrogen-bond acceptors (Lipinski definition) is 4. The van der Waals surface area contributed by atoms with Crippen LogP contribution in [0.3, 0.4) is 0 Å². The molecule has 2 heterocycles. The van der Waals surface area contributed by atoms with Crippen LogP contribution in [0.15, 0.2) is 18.2 Å². The molecule has 0 spiro atoms. The largest absolute Gasteiger partial charge is 0.481 e. The van der Waals surface area contributed by atoms with E-state index in [0.29, 0.717) is 31.0 Å². The number of aliphatic carboxylic acids is 1. The van der Waals surface area contributed by atoms with Crippen LogP contribution in [0.4, 0.5) is 4.79 Å². The van der Waals surface area contributed by atoms with Gasteiger partial charge in [-0.25, -0.2) is 4.79 Å². The van der Waals surface area contributed by atoms with Gasteiger partial charge in [0.05, 0.1) is 11.5 Å². The summed E-state index contributed by atoms with van der Waals surface area (Å²) in [4.78, 5) is 26.0. The summed E-state index contributed by atoms with van der Waals surface area (Å²) in [7, 11) is 0. The number of ether oxygens (including phenoxy) is 2. The highest BCUT2D eigenvalue weighted by Crippen LogP contribution is 2.48. The van der Waals surface area contributed by atoms with Gasteiger partial charge in [-0.1, -0.05) is 12.5 Å². The SMILES string of the molecule is CC(NC(=O)N1C[C@@H]2CCC[C@@]2(C(=O)O)C1)c1ccc2c(c1)OCO2. The summed E-state index contributed by atoms with van der Waals surface area (Å²) in [5.74, 6) is 0.683. The second-order valence-corrected chi connectivity index (χ2v) is 7.21. The first kappa shape index (κ1) is 16.1. The van der Waals surface area contributed by atoms with Crippen molar-refractivity contribution >= 4 is 12.0 Å². The van der Waals surface area contributed by atoms with Gasteiger partial charge in [0.2, 0.25) is 6.79 Å². The molecule has 1 saturated heterocycles. The van der Waals surface area contributed by atoms with E-state index in [1.165, 1.54) is 0 Å². The Kier molecular flexibility index (Phi) is 3.74. The summed E-state index contributed by atoms with van der Waals surface area (Å²) in [6.07, 6.45) is 2.47. The second-order valence-electron chi connectivity index (χ2n) is 7.21. The van der Waals surface area contributed by atoms with Gasteiger partial charge in [-0.05, 0) is 43.4 Å². The van der Waals surface area contributed by atoms with Crippen LogP contribution >= 0.6 is 0 Å². The van der Waals surface area contributed by atoms with Crippen LogP contribution in [0.5, 0.6) is 11.5 Å². The minimum absolute atomic E-state index is 0.0663. The first-order valence-electron chi connectivity index (χ1n) is 8.68. The van der Waals surface area contributed by atoms with Gasteiger partial charge in [0.1, 0.15) is 0 Å². The maximum atomic E-state index is 12.6. The molecule has 3 aliphatic rings. The van der Waals surface area contributed by atoms with E-state index in [9.17, 15) is 14.7 Å². The summed E-state index contributed by atoms with van der Waals surface area (Å²) in [5, 5.41) is 12.6. The zero-order valence-corrected chi connectivity index (χ0v) is 14.2. The van der Waals surface area contributed by atoms with E-state index in [2.05, 4.69) is 5.32 Å². The van der Waals surface area contributed by atoms with Gasteiger partial charge >= 0.3 is 12.0 Å². The van der Waals surface area contributed by atoms with E-state index < -0.39 is 11.4 Å². The standard InChI is InChI=1S/C18H22N2O5/c1-11(12-4-5-14-15(7-12)25-10-24-14)19-17(23)20-8-13-3-2-6-18(13,9-20)16(21)22/h4-5,7,11,13H,2-3,6,8-10H2,1H3,(H,19,23)(H,21,22)/t11?,13-,18+/m0/s1. The highest BCUT2D eigenvalue weighted by Gasteiger charge is 2.55. The average Bonchev–Trinajstić information content (AvgIpc) is 3.27. The molecule has 1 aromatic rings. The molecule has 3 atom stereocenters. The van der Waals surface area contributed by atoms with Gasteiger partial charge in [0.25, 0.3) is 0 Å². The van der Waals surface area contributed by atoms with E-state index in [4.69, 9.17) is 9.47 Å². The van der Waals surface area contributed by atoms with Crippen molar-refractivity contribution in [1.82, 2.24) is 10.2 Å². The van der Waals surface area contributed by atoms with Gasteiger partial charge in [0, 0.05) is 13.1 Å². The number of urea groups is 1. The first-order valence-corrected chi connectivity index (χ1v) is 8.68. The summed E-state index contributed by atoms with van der Waals surface area (Å²) in [6.45, 7) is 2.93. The molecule has 2 N–H and O–H groups in total. The Labute approximate surface area is 145 Å². The third kappa shape index (κ3) is 2.58. The maximum Gasteiger partial charge on any atom is 0.317 e. The first-order chi connectivity index (χ1) is 12.0. The van der Waals surface area contributed by atoms with Crippen molar-refractivity contribution in [3.63, 3.8) is 0 Å². The number of fused-ring (bicyclic) bond motifs is 2. The van der Waals surface area contributed by atoms with E-state index in [1.807, 2.05) is 25.1 Å². The molecular weight excluding hydrogens is 324 g/mol. The molecule has 1 aliphatic carbocycles. The molecule has 0 bridgehead atoms. The number of carboxylic acids is 1. The Morgan fingerprint density at radius 2 is 2.16 bits per heavy atom. The Bertz CT molecular complexity index is 721. The quantitative estimate of drug-likeness (QED) is 0.877. The van der Waals surface area contributed by atoms with Gasteiger partial charge in [-0.2, -0.15) is 0 Å². The lowest BCUT2D eigenvalue weighted by Crippen LogP contribution is -2.42. The van der Waals surface area contributed by atoms with Gasteiger partial charge < -0.3 is 24.8 Å². The van der Waals surface area contributed by atoms with E-state index in [1.54, 1.807) is 4.90 Å². The molecule has 2 aliphatic heterocycles. The number of rotatable bonds is 3. The van der Waals surface area contributed by atoms with Crippen LogP contribution in [-0.4, -0.2) is 41.9 Å². The molecule has 1 aromatic carbocycles. The Morgan fingerprint density at radius 1 is 1.36 bits per heavy atom. The smallest absolute Gasteiger partial charge is 0.317 e.